The Morgan fingerprint density at radius 2 is 2.00 bits per heavy atom. The smallest absolute Gasteiger partial charge is 0.197 e. The van der Waals surface area contributed by atoms with Gasteiger partial charge < -0.3 is 0 Å². The fourth-order valence-electron chi connectivity index (χ4n) is 0.997. The highest BCUT2D eigenvalue weighted by Gasteiger charge is 1.99. The zero-order chi connectivity index (χ0) is 8.55. The predicted molar refractivity (Wildman–Crippen MR) is 54.9 cm³/mol. The van der Waals surface area contributed by atoms with E-state index in [-0.39, 0.29) is 0 Å². The van der Waals surface area contributed by atoms with Crippen molar-refractivity contribution in [3.05, 3.63) is 33.6 Å². The summed E-state index contributed by atoms with van der Waals surface area (Å²) >= 11 is 6.65. The molecule has 0 fully saturated rings. The van der Waals surface area contributed by atoms with E-state index in [1.54, 1.807) is 6.20 Å². The molecule has 0 atom stereocenters. The lowest BCUT2D eigenvalue weighted by atomic mass is 10.2. The van der Waals surface area contributed by atoms with Gasteiger partial charge in [-0.3, -0.25) is 0 Å². The van der Waals surface area contributed by atoms with Crippen LogP contribution in [0.25, 0.3) is 10.9 Å². The second kappa shape index (κ2) is 3.11. The van der Waals surface area contributed by atoms with Crippen LogP contribution >= 0.6 is 31.9 Å². The van der Waals surface area contributed by atoms with Crippen LogP contribution in [-0.4, -0.2) is 9.97 Å². The molecule has 0 amide bonds. The summed E-state index contributed by atoms with van der Waals surface area (Å²) in [7, 11) is 0. The Morgan fingerprint density at radius 3 is 2.83 bits per heavy atom. The van der Waals surface area contributed by atoms with Gasteiger partial charge in [0.1, 0.15) is 0 Å². The van der Waals surface area contributed by atoms with Crippen LogP contribution in [0.5, 0.6) is 0 Å². The molecule has 60 valence electrons. The van der Waals surface area contributed by atoms with E-state index in [0.717, 1.165) is 15.4 Å². The van der Waals surface area contributed by atoms with Gasteiger partial charge in [-0.05, 0) is 28.1 Å². The zero-order valence-electron chi connectivity index (χ0n) is 5.96. The molecule has 4 heteroatoms. The molecule has 2 nitrogen and oxygen atoms in total. The molecule has 1 aromatic carbocycles. The summed E-state index contributed by atoms with van der Waals surface area (Å²) in [6.07, 6.45) is 1.79. The molecule has 0 spiro atoms. The van der Waals surface area contributed by atoms with Crippen molar-refractivity contribution in [2.24, 2.45) is 0 Å². The van der Waals surface area contributed by atoms with Crippen molar-refractivity contribution in [3.63, 3.8) is 0 Å². The molecule has 1 aromatic heterocycles. The van der Waals surface area contributed by atoms with Gasteiger partial charge in [-0.1, -0.05) is 22.0 Å². The number of rotatable bonds is 0. The van der Waals surface area contributed by atoms with Crippen molar-refractivity contribution in [1.29, 1.82) is 0 Å². The van der Waals surface area contributed by atoms with Gasteiger partial charge in [0.05, 0.1) is 5.52 Å². The predicted octanol–water partition coefficient (Wildman–Crippen LogP) is 3.15. The molecule has 0 N–H and O–H groups in total. The van der Waals surface area contributed by atoms with Gasteiger partial charge in [-0.15, -0.1) is 0 Å². The Morgan fingerprint density at radius 1 is 1.17 bits per heavy atom. The van der Waals surface area contributed by atoms with Crippen LogP contribution in [0, 0.1) is 0 Å². The number of hydrogen-bond acceptors (Lipinski definition) is 2. The van der Waals surface area contributed by atoms with Crippen LogP contribution in [0.2, 0.25) is 0 Å². The first-order valence-electron chi connectivity index (χ1n) is 3.34. The maximum atomic E-state index is 4.21. The topological polar surface area (TPSA) is 25.8 Å². The molecule has 2 rings (SSSR count). The van der Waals surface area contributed by atoms with Crippen LogP contribution in [0.1, 0.15) is 0 Å². The first-order valence-corrected chi connectivity index (χ1v) is 4.93. The van der Waals surface area contributed by atoms with E-state index < -0.39 is 0 Å². The average Bonchev–Trinajstić information content (AvgIpc) is 2.04. The van der Waals surface area contributed by atoms with Crippen LogP contribution in [0.15, 0.2) is 33.6 Å². The summed E-state index contributed by atoms with van der Waals surface area (Å²) in [4.78, 5) is 8.26. The first kappa shape index (κ1) is 8.13. The molecule has 0 radical (unpaired) electrons. The second-order valence-corrected chi connectivity index (χ2v) is 3.88. The monoisotopic (exact) mass is 286 g/mol. The van der Waals surface area contributed by atoms with E-state index in [9.17, 15) is 0 Å². The molecule has 0 unspecified atom stereocenters. The SMILES string of the molecule is Brc1ncc2c(Br)cccc2n1. The van der Waals surface area contributed by atoms with Gasteiger partial charge in [0.2, 0.25) is 0 Å². The molecule has 0 saturated carbocycles. The molecule has 1 heterocycles. The third-order valence-corrected chi connectivity index (χ3v) is 2.62. The number of benzene rings is 1. The van der Waals surface area contributed by atoms with Crippen LogP contribution in [0.3, 0.4) is 0 Å². The molecule has 0 aliphatic heterocycles. The molecule has 0 aliphatic carbocycles. The normalized spacial score (nSPS) is 10.5. The van der Waals surface area contributed by atoms with E-state index in [4.69, 9.17) is 0 Å². The lowest BCUT2D eigenvalue weighted by molar-refractivity contribution is 1.16. The van der Waals surface area contributed by atoms with Gasteiger partial charge in [-0.25, -0.2) is 9.97 Å². The molecular formula is C8H4Br2N2. The van der Waals surface area contributed by atoms with Gasteiger partial charge in [0, 0.05) is 16.1 Å². The average molecular weight is 288 g/mol. The molecular weight excluding hydrogens is 284 g/mol. The van der Waals surface area contributed by atoms with E-state index in [1.165, 1.54) is 0 Å². The Balaban J connectivity index is 2.86. The minimum Gasteiger partial charge on any atom is -0.230 e. The third kappa shape index (κ3) is 1.36. The van der Waals surface area contributed by atoms with Crippen molar-refractivity contribution < 1.29 is 0 Å². The zero-order valence-corrected chi connectivity index (χ0v) is 9.13. The fraction of sp³-hybridized carbons (Fsp3) is 0. The van der Waals surface area contributed by atoms with Gasteiger partial charge >= 0.3 is 0 Å². The maximum absolute atomic E-state index is 4.21. The second-order valence-electron chi connectivity index (χ2n) is 2.31. The van der Waals surface area contributed by atoms with Crippen LogP contribution in [-0.2, 0) is 0 Å². The van der Waals surface area contributed by atoms with Gasteiger partial charge in [0.15, 0.2) is 4.73 Å². The number of hydrogen-bond donors (Lipinski definition) is 0. The fourth-order valence-corrected chi connectivity index (χ4v) is 1.75. The number of halogens is 2. The highest BCUT2D eigenvalue weighted by molar-refractivity contribution is 9.10. The molecule has 2 aromatic rings. The quantitative estimate of drug-likeness (QED) is 0.696. The van der Waals surface area contributed by atoms with Gasteiger partial charge in [-0.2, -0.15) is 0 Å². The Bertz CT molecular complexity index is 428. The highest BCUT2D eigenvalue weighted by atomic mass is 79.9. The number of fused-ring (bicyclic) bond motifs is 1. The summed E-state index contributed by atoms with van der Waals surface area (Å²) in [6, 6.07) is 5.87. The Kier molecular flexibility index (Phi) is 2.11. The van der Waals surface area contributed by atoms with Crippen molar-refractivity contribution in [1.82, 2.24) is 9.97 Å². The molecule has 0 aliphatic rings. The minimum atomic E-state index is 0.619. The van der Waals surface area contributed by atoms with Crippen molar-refractivity contribution in [2.45, 2.75) is 0 Å². The molecule has 12 heavy (non-hydrogen) atoms. The van der Waals surface area contributed by atoms with Crippen molar-refractivity contribution in [3.8, 4) is 0 Å². The lowest BCUT2D eigenvalue weighted by Crippen LogP contribution is -1.84. The maximum Gasteiger partial charge on any atom is 0.197 e. The number of nitrogens with zero attached hydrogens (tertiary/aromatic N) is 2. The lowest BCUT2D eigenvalue weighted by Gasteiger charge is -1.98. The standard InChI is InChI=1S/C8H4Br2N2/c9-6-2-1-3-7-5(6)4-11-8(10)12-7/h1-4H. The summed E-state index contributed by atoms with van der Waals surface area (Å²) < 4.78 is 1.64. The summed E-state index contributed by atoms with van der Waals surface area (Å²) in [5, 5.41) is 1.03. The minimum absolute atomic E-state index is 0.619. The third-order valence-electron chi connectivity index (χ3n) is 1.54. The van der Waals surface area contributed by atoms with Crippen molar-refractivity contribution >= 4 is 42.8 Å². The van der Waals surface area contributed by atoms with E-state index in [2.05, 4.69) is 41.8 Å². The highest BCUT2D eigenvalue weighted by Crippen LogP contribution is 2.22. The summed E-state index contributed by atoms with van der Waals surface area (Å²) in [5.41, 5.74) is 0.936. The van der Waals surface area contributed by atoms with E-state index >= 15 is 0 Å². The van der Waals surface area contributed by atoms with E-state index in [1.807, 2.05) is 18.2 Å². The number of aromatic nitrogens is 2. The largest absolute Gasteiger partial charge is 0.230 e. The first-order chi connectivity index (χ1) is 5.77. The van der Waals surface area contributed by atoms with Crippen LogP contribution < -0.4 is 0 Å². The summed E-state index contributed by atoms with van der Waals surface area (Å²) in [5.74, 6) is 0. The Labute approximate surface area is 86.3 Å². The van der Waals surface area contributed by atoms with Gasteiger partial charge in [0.25, 0.3) is 0 Å². The molecule has 0 saturated heterocycles. The van der Waals surface area contributed by atoms with Crippen molar-refractivity contribution in [2.75, 3.05) is 0 Å². The van der Waals surface area contributed by atoms with E-state index in [0.29, 0.717) is 4.73 Å². The Hall–Kier alpha value is -0.480. The summed E-state index contributed by atoms with van der Waals surface area (Å²) in [6.45, 7) is 0. The molecule has 0 bridgehead atoms. The van der Waals surface area contributed by atoms with Crippen LogP contribution in [0.4, 0.5) is 0 Å².